The van der Waals surface area contributed by atoms with E-state index in [2.05, 4.69) is 24.3 Å². The Morgan fingerprint density at radius 2 is 1.48 bits per heavy atom. The summed E-state index contributed by atoms with van der Waals surface area (Å²) in [5.41, 5.74) is 3.36. The minimum Gasteiger partial charge on any atom is -0.311 e. The Kier molecular flexibility index (Phi) is 4.57. The molecule has 3 heteroatoms. The van der Waals surface area contributed by atoms with Crippen LogP contribution in [0.25, 0.3) is 0 Å². The number of nitrogens with zero attached hydrogens (tertiary/aromatic N) is 1. The van der Waals surface area contributed by atoms with Gasteiger partial charge in [0.15, 0.2) is 0 Å². The molecule has 3 aromatic carbocycles. The molecule has 0 saturated carbocycles. The Labute approximate surface area is 152 Å². The van der Waals surface area contributed by atoms with Gasteiger partial charge in [0.05, 0.1) is 0 Å². The fraction of sp³-hybridized carbons (Fsp3) is 0.136. The summed E-state index contributed by atoms with van der Waals surface area (Å²) in [4.78, 5) is 16.5. The molecule has 124 valence electrons. The summed E-state index contributed by atoms with van der Waals surface area (Å²) in [7, 11) is 0. The average molecular weight is 345 g/mol. The predicted molar refractivity (Wildman–Crippen MR) is 104 cm³/mol. The molecule has 0 radical (unpaired) electrons. The summed E-state index contributed by atoms with van der Waals surface area (Å²) in [5, 5.41) is -0.241. The van der Waals surface area contributed by atoms with Crippen molar-refractivity contribution in [3.05, 3.63) is 96.1 Å². The van der Waals surface area contributed by atoms with Crippen molar-refractivity contribution in [1.82, 2.24) is 0 Å². The number of anilines is 1. The minimum atomic E-state index is -0.241. The van der Waals surface area contributed by atoms with E-state index >= 15 is 0 Å². The summed E-state index contributed by atoms with van der Waals surface area (Å²) in [6.07, 6.45) is 0.930. The normalized spacial score (nSPS) is 14.2. The van der Waals surface area contributed by atoms with Crippen molar-refractivity contribution in [2.75, 3.05) is 11.4 Å². The van der Waals surface area contributed by atoms with E-state index in [4.69, 9.17) is 0 Å². The highest BCUT2D eigenvalue weighted by atomic mass is 32.2. The first-order chi connectivity index (χ1) is 12.3. The van der Waals surface area contributed by atoms with E-state index in [0.29, 0.717) is 0 Å². The lowest BCUT2D eigenvalue weighted by Crippen LogP contribution is -2.32. The summed E-state index contributed by atoms with van der Waals surface area (Å²) in [6.45, 7) is 0.761. The largest absolute Gasteiger partial charge is 0.311 e. The van der Waals surface area contributed by atoms with Gasteiger partial charge < -0.3 is 4.90 Å². The highest BCUT2D eigenvalue weighted by Gasteiger charge is 2.31. The lowest BCUT2D eigenvalue weighted by molar-refractivity contribution is -0.118. The zero-order valence-electron chi connectivity index (χ0n) is 13.8. The van der Waals surface area contributed by atoms with Crippen LogP contribution < -0.4 is 4.90 Å². The van der Waals surface area contributed by atoms with Crippen LogP contribution in [0.3, 0.4) is 0 Å². The van der Waals surface area contributed by atoms with Gasteiger partial charge in [0.2, 0.25) is 5.91 Å². The molecule has 0 N–H and O–H groups in total. The van der Waals surface area contributed by atoms with Crippen molar-refractivity contribution < 1.29 is 4.79 Å². The third kappa shape index (κ3) is 3.33. The Bertz CT molecular complexity index is 863. The van der Waals surface area contributed by atoms with Crippen molar-refractivity contribution in [1.29, 1.82) is 0 Å². The lowest BCUT2D eigenvalue weighted by Gasteiger charge is -2.24. The SMILES string of the molecule is O=C([C@@H](Sc1ccccc1)c1ccccc1)N1CCc2ccccc21. The molecule has 2 nitrogen and oxygen atoms in total. The molecule has 4 rings (SSSR count). The minimum absolute atomic E-state index is 0.157. The third-order valence-corrected chi connectivity index (χ3v) is 5.73. The van der Waals surface area contributed by atoms with Crippen molar-refractivity contribution in [2.24, 2.45) is 0 Å². The van der Waals surface area contributed by atoms with Crippen molar-refractivity contribution in [3.8, 4) is 0 Å². The second-order valence-corrected chi connectivity index (χ2v) is 7.27. The molecule has 0 fully saturated rings. The fourth-order valence-electron chi connectivity index (χ4n) is 3.23. The van der Waals surface area contributed by atoms with Gasteiger partial charge in [-0.15, -0.1) is 11.8 Å². The monoisotopic (exact) mass is 345 g/mol. The topological polar surface area (TPSA) is 20.3 Å². The standard InChI is InChI=1S/C22H19NOS/c24-22(23-16-15-17-9-7-8-14-20(17)23)21(18-10-3-1-4-11-18)25-19-12-5-2-6-13-19/h1-14,21H,15-16H2/t21-/m0/s1. The number of carbonyl (C=O) groups excluding carboxylic acids is 1. The summed E-state index contributed by atoms with van der Waals surface area (Å²) >= 11 is 1.62. The second-order valence-electron chi connectivity index (χ2n) is 6.09. The van der Waals surface area contributed by atoms with Gasteiger partial charge in [-0.1, -0.05) is 66.7 Å². The van der Waals surface area contributed by atoms with E-state index in [-0.39, 0.29) is 11.2 Å². The summed E-state index contributed by atoms with van der Waals surface area (Å²) in [6, 6.07) is 28.4. The van der Waals surface area contributed by atoms with Crippen molar-refractivity contribution >= 4 is 23.4 Å². The van der Waals surface area contributed by atoms with Crippen molar-refractivity contribution in [3.63, 3.8) is 0 Å². The zero-order chi connectivity index (χ0) is 17.1. The molecule has 0 spiro atoms. The van der Waals surface area contributed by atoms with Gasteiger partial charge in [-0.05, 0) is 35.7 Å². The summed E-state index contributed by atoms with van der Waals surface area (Å²) < 4.78 is 0. The molecule has 25 heavy (non-hydrogen) atoms. The molecule has 3 aromatic rings. The van der Waals surface area contributed by atoms with E-state index in [0.717, 1.165) is 29.1 Å². The molecule has 1 atom stereocenters. The molecule has 0 unspecified atom stereocenters. The van der Waals surface area contributed by atoms with Gasteiger partial charge >= 0.3 is 0 Å². The number of thioether (sulfide) groups is 1. The Hall–Kier alpha value is -2.52. The molecular weight excluding hydrogens is 326 g/mol. The molecule has 1 amide bonds. The van der Waals surface area contributed by atoms with E-state index in [1.165, 1.54) is 5.56 Å². The van der Waals surface area contributed by atoms with Crippen molar-refractivity contribution in [2.45, 2.75) is 16.6 Å². The first kappa shape index (κ1) is 16.0. The number of carbonyl (C=O) groups is 1. The number of rotatable bonds is 4. The predicted octanol–water partition coefficient (Wildman–Crippen LogP) is 5.11. The first-order valence-corrected chi connectivity index (χ1v) is 9.37. The van der Waals surface area contributed by atoms with Crippen LogP contribution in [-0.4, -0.2) is 12.5 Å². The molecule has 1 aliphatic heterocycles. The molecular formula is C22H19NOS. The molecule has 1 heterocycles. The van der Waals surface area contributed by atoms with E-state index in [1.807, 2.05) is 65.6 Å². The van der Waals surface area contributed by atoms with Gasteiger partial charge in [-0.2, -0.15) is 0 Å². The number of benzene rings is 3. The summed E-state index contributed by atoms with van der Waals surface area (Å²) in [5.74, 6) is 0.157. The molecule has 0 saturated heterocycles. The van der Waals surface area contributed by atoms with Crippen LogP contribution in [-0.2, 0) is 11.2 Å². The maximum Gasteiger partial charge on any atom is 0.244 e. The van der Waals surface area contributed by atoms with Gasteiger partial charge in [-0.25, -0.2) is 0 Å². The van der Waals surface area contributed by atoms with Crippen LogP contribution >= 0.6 is 11.8 Å². The Morgan fingerprint density at radius 1 is 0.840 bits per heavy atom. The quantitative estimate of drug-likeness (QED) is 0.613. The molecule has 0 aromatic heterocycles. The first-order valence-electron chi connectivity index (χ1n) is 8.49. The fourth-order valence-corrected chi connectivity index (χ4v) is 4.34. The number of para-hydroxylation sites is 1. The second kappa shape index (κ2) is 7.16. The molecule has 1 aliphatic rings. The van der Waals surface area contributed by atoms with E-state index < -0.39 is 0 Å². The maximum absolute atomic E-state index is 13.4. The number of hydrogen-bond donors (Lipinski definition) is 0. The lowest BCUT2D eigenvalue weighted by atomic mass is 10.1. The Morgan fingerprint density at radius 3 is 2.24 bits per heavy atom. The highest BCUT2D eigenvalue weighted by molar-refractivity contribution is 8.00. The van der Waals surface area contributed by atoms with Crippen LogP contribution in [0.5, 0.6) is 0 Å². The van der Waals surface area contributed by atoms with Gasteiger partial charge in [0, 0.05) is 17.1 Å². The van der Waals surface area contributed by atoms with Crippen LogP contribution in [0.1, 0.15) is 16.4 Å². The maximum atomic E-state index is 13.4. The van der Waals surface area contributed by atoms with Crippen LogP contribution in [0.4, 0.5) is 5.69 Å². The number of fused-ring (bicyclic) bond motifs is 1. The van der Waals surface area contributed by atoms with Gasteiger partial charge in [0.25, 0.3) is 0 Å². The molecule has 0 aliphatic carbocycles. The van der Waals surface area contributed by atoms with E-state index in [9.17, 15) is 4.79 Å². The average Bonchev–Trinajstić information content (AvgIpc) is 3.11. The van der Waals surface area contributed by atoms with Gasteiger partial charge in [0.1, 0.15) is 5.25 Å². The van der Waals surface area contributed by atoms with Crippen LogP contribution in [0.15, 0.2) is 89.8 Å². The van der Waals surface area contributed by atoms with Crippen LogP contribution in [0.2, 0.25) is 0 Å². The Balaban J connectivity index is 1.67. The number of amides is 1. The smallest absolute Gasteiger partial charge is 0.244 e. The number of hydrogen-bond acceptors (Lipinski definition) is 2. The van der Waals surface area contributed by atoms with Gasteiger partial charge in [-0.3, -0.25) is 4.79 Å². The molecule has 0 bridgehead atoms. The zero-order valence-corrected chi connectivity index (χ0v) is 14.7. The third-order valence-electron chi connectivity index (χ3n) is 4.48. The highest BCUT2D eigenvalue weighted by Crippen LogP contribution is 2.39. The van der Waals surface area contributed by atoms with Crippen LogP contribution in [0, 0.1) is 0 Å². The van der Waals surface area contributed by atoms with E-state index in [1.54, 1.807) is 11.8 Å².